The summed E-state index contributed by atoms with van der Waals surface area (Å²) in [6.45, 7) is 5.06. The molecule has 1 heterocycles. The van der Waals surface area contributed by atoms with Crippen molar-refractivity contribution >= 4 is 0 Å². The SMILES string of the molecule is CC1(C)CC(C[CH]Cc2ccccc2)(c2ccc(F)cc2)CCO1. The first kappa shape index (κ1) is 17.2. The third-order valence-electron chi connectivity index (χ3n) is 5.05. The van der Waals surface area contributed by atoms with Gasteiger partial charge in [0.1, 0.15) is 5.82 Å². The molecule has 1 aliphatic heterocycles. The number of hydrogen-bond acceptors (Lipinski definition) is 1. The number of halogens is 1. The van der Waals surface area contributed by atoms with E-state index in [1.165, 1.54) is 11.1 Å². The van der Waals surface area contributed by atoms with Crippen molar-refractivity contribution in [1.82, 2.24) is 0 Å². The molecule has 1 aliphatic rings. The van der Waals surface area contributed by atoms with Crippen LogP contribution in [0.5, 0.6) is 0 Å². The first-order valence-electron chi connectivity index (χ1n) is 8.75. The smallest absolute Gasteiger partial charge is 0.123 e. The maximum Gasteiger partial charge on any atom is 0.123 e. The monoisotopic (exact) mass is 325 g/mol. The summed E-state index contributed by atoms with van der Waals surface area (Å²) in [5.74, 6) is -0.173. The van der Waals surface area contributed by atoms with E-state index < -0.39 is 0 Å². The van der Waals surface area contributed by atoms with Gasteiger partial charge < -0.3 is 4.74 Å². The third-order valence-corrected chi connectivity index (χ3v) is 5.05. The van der Waals surface area contributed by atoms with Crippen LogP contribution >= 0.6 is 0 Å². The van der Waals surface area contributed by atoms with Crippen LogP contribution in [0.3, 0.4) is 0 Å². The van der Waals surface area contributed by atoms with Gasteiger partial charge >= 0.3 is 0 Å². The Morgan fingerprint density at radius 2 is 1.75 bits per heavy atom. The van der Waals surface area contributed by atoms with Crippen LogP contribution in [0, 0.1) is 12.2 Å². The molecule has 0 bridgehead atoms. The highest BCUT2D eigenvalue weighted by Crippen LogP contribution is 2.44. The highest BCUT2D eigenvalue weighted by atomic mass is 19.1. The fraction of sp³-hybridized carbons (Fsp3) is 0.409. The molecule has 2 aromatic rings. The Kier molecular flexibility index (Phi) is 5.05. The molecule has 0 spiro atoms. The normalized spacial score (nSPS) is 23.1. The lowest BCUT2D eigenvalue weighted by Gasteiger charge is -2.45. The molecular formula is C22H26FO. The number of hydrogen-bond donors (Lipinski definition) is 0. The average Bonchev–Trinajstić information content (AvgIpc) is 2.55. The highest BCUT2D eigenvalue weighted by molar-refractivity contribution is 5.29. The van der Waals surface area contributed by atoms with Crippen molar-refractivity contribution in [2.75, 3.05) is 6.61 Å². The molecule has 1 nitrogen and oxygen atoms in total. The standard InChI is InChI=1S/C22H26FO/c1-21(2)17-22(15-16-24-21,19-10-12-20(23)13-11-19)14-6-9-18-7-4-3-5-8-18/h3-8,10-13H,9,14-17H2,1-2H3. The van der Waals surface area contributed by atoms with E-state index >= 15 is 0 Å². The molecule has 2 aromatic carbocycles. The molecule has 0 N–H and O–H groups in total. The van der Waals surface area contributed by atoms with Gasteiger partial charge in [0, 0.05) is 12.0 Å². The molecule has 0 amide bonds. The van der Waals surface area contributed by atoms with Gasteiger partial charge in [0.05, 0.1) is 5.60 Å². The predicted octanol–water partition coefficient (Wildman–Crippen LogP) is 5.49. The van der Waals surface area contributed by atoms with Crippen molar-refractivity contribution in [3.8, 4) is 0 Å². The lowest BCUT2D eigenvalue weighted by atomic mass is 9.66. The molecule has 24 heavy (non-hydrogen) atoms. The average molecular weight is 325 g/mol. The van der Waals surface area contributed by atoms with Gasteiger partial charge in [0.15, 0.2) is 0 Å². The first-order valence-corrected chi connectivity index (χ1v) is 8.75. The molecule has 127 valence electrons. The summed E-state index contributed by atoms with van der Waals surface area (Å²) in [7, 11) is 0. The Labute approximate surface area is 144 Å². The van der Waals surface area contributed by atoms with Gasteiger partial charge in [-0.15, -0.1) is 0 Å². The van der Waals surface area contributed by atoms with E-state index in [1.807, 2.05) is 18.2 Å². The van der Waals surface area contributed by atoms with Gasteiger partial charge in [-0.05, 0) is 69.2 Å². The fourth-order valence-electron chi connectivity index (χ4n) is 3.95. The van der Waals surface area contributed by atoms with E-state index in [0.29, 0.717) is 0 Å². The van der Waals surface area contributed by atoms with E-state index in [0.717, 1.165) is 32.3 Å². The molecule has 0 saturated carbocycles. The van der Waals surface area contributed by atoms with Crippen LogP contribution in [0.1, 0.15) is 44.2 Å². The van der Waals surface area contributed by atoms with Crippen molar-refractivity contribution < 1.29 is 9.13 Å². The zero-order valence-corrected chi connectivity index (χ0v) is 14.6. The van der Waals surface area contributed by atoms with Crippen molar-refractivity contribution in [2.24, 2.45) is 0 Å². The van der Waals surface area contributed by atoms with E-state index in [9.17, 15) is 4.39 Å². The zero-order chi connectivity index (χ0) is 17.0. The molecular weight excluding hydrogens is 299 g/mol. The van der Waals surface area contributed by atoms with Crippen molar-refractivity contribution in [2.45, 2.75) is 50.5 Å². The van der Waals surface area contributed by atoms with Gasteiger partial charge in [0.2, 0.25) is 0 Å². The van der Waals surface area contributed by atoms with Crippen molar-refractivity contribution in [1.29, 1.82) is 0 Å². The molecule has 1 radical (unpaired) electrons. The zero-order valence-electron chi connectivity index (χ0n) is 14.6. The highest BCUT2D eigenvalue weighted by Gasteiger charge is 2.41. The van der Waals surface area contributed by atoms with Gasteiger partial charge in [-0.25, -0.2) is 4.39 Å². The quantitative estimate of drug-likeness (QED) is 0.706. The van der Waals surface area contributed by atoms with Crippen LogP contribution < -0.4 is 0 Å². The molecule has 2 heteroatoms. The molecule has 1 saturated heterocycles. The Morgan fingerprint density at radius 1 is 1.04 bits per heavy atom. The van der Waals surface area contributed by atoms with Crippen LogP contribution in [0.2, 0.25) is 0 Å². The van der Waals surface area contributed by atoms with Crippen LogP contribution in [0.15, 0.2) is 54.6 Å². The summed E-state index contributed by atoms with van der Waals surface area (Å²) in [6, 6.07) is 17.6. The van der Waals surface area contributed by atoms with E-state index in [4.69, 9.17) is 4.74 Å². The third kappa shape index (κ3) is 4.05. The minimum Gasteiger partial charge on any atom is -0.376 e. The summed E-state index contributed by atoms with van der Waals surface area (Å²) < 4.78 is 19.3. The fourth-order valence-corrected chi connectivity index (χ4v) is 3.95. The maximum absolute atomic E-state index is 13.4. The Morgan fingerprint density at radius 3 is 2.42 bits per heavy atom. The molecule has 1 fully saturated rings. The summed E-state index contributed by atoms with van der Waals surface area (Å²) in [4.78, 5) is 0. The lowest BCUT2D eigenvalue weighted by Crippen LogP contribution is -2.44. The van der Waals surface area contributed by atoms with Crippen LogP contribution in [0.4, 0.5) is 4.39 Å². The molecule has 1 unspecified atom stereocenters. The number of ether oxygens (including phenoxy) is 1. The summed E-state index contributed by atoms with van der Waals surface area (Å²) in [6.07, 6.45) is 6.26. The Hall–Kier alpha value is -1.67. The second-order valence-corrected chi connectivity index (χ2v) is 7.50. The maximum atomic E-state index is 13.4. The lowest BCUT2D eigenvalue weighted by molar-refractivity contribution is -0.0827. The second kappa shape index (κ2) is 7.06. The van der Waals surface area contributed by atoms with E-state index in [-0.39, 0.29) is 16.8 Å². The largest absolute Gasteiger partial charge is 0.376 e. The van der Waals surface area contributed by atoms with Gasteiger partial charge in [-0.2, -0.15) is 0 Å². The van der Waals surface area contributed by atoms with Gasteiger partial charge in [-0.3, -0.25) is 0 Å². The van der Waals surface area contributed by atoms with E-state index in [2.05, 4.69) is 44.5 Å². The number of benzene rings is 2. The number of rotatable bonds is 5. The summed E-state index contributed by atoms with van der Waals surface area (Å²) >= 11 is 0. The Balaban J connectivity index is 1.78. The minimum atomic E-state index is -0.173. The first-order chi connectivity index (χ1) is 11.5. The second-order valence-electron chi connectivity index (χ2n) is 7.50. The molecule has 0 aromatic heterocycles. The minimum absolute atomic E-state index is 0.0320. The van der Waals surface area contributed by atoms with Crippen LogP contribution in [0.25, 0.3) is 0 Å². The van der Waals surface area contributed by atoms with Crippen molar-refractivity contribution in [3.63, 3.8) is 0 Å². The molecule has 3 rings (SSSR count). The summed E-state index contributed by atoms with van der Waals surface area (Å²) in [5.41, 5.74) is 2.44. The Bertz CT molecular complexity index is 647. The van der Waals surface area contributed by atoms with Crippen LogP contribution in [-0.2, 0) is 16.6 Å². The predicted molar refractivity (Wildman–Crippen MR) is 96.4 cm³/mol. The van der Waals surface area contributed by atoms with Gasteiger partial charge in [0.25, 0.3) is 0 Å². The topological polar surface area (TPSA) is 9.23 Å². The molecule has 0 aliphatic carbocycles. The van der Waals surface area contributed by atoms with Crippen LogP contribution in [-0.4, -0.2) is 12.2 Å². The van der Waals surface area contributed by atoms with E-state index in [1.54, 1.807) is 12.1 Å². The summed E-state index contributed by atoms with van der Waals surface area (Å²) in [5, 5.41) is 0. The van der Waals surface area contributed by atoms with Crippen molar-refractivity contribution in [3.05, 3.63) is 78.0 Å². The van der Waals surface area contributed by atoms with Gasteiger partial charge in [-0.1, -0.05) is 42.5 Å². The molecule has 1 atom stereocenters.